The molecule has 0 bridgehead atoms. The Morgan fingerprint density at radius 2 is 1.71 bits per heavy atom. The van der Waals surface area contributed by atoms with Gasteiger partial charge in [-0.2, -0.15) is 13.2 Å². The molecule has 0 aromatic heterocycles. The van der Waals surface area contributed by atoms with Crippen molar-refractivity contribution in [3.63, 3.8) is 0 Å². The average molecular weight is 261 g/mol. The minimum atomic E-state index is -4.86. The topological polar surface area (TPSA) is 17.1 Å². The summed E-state index contributed by atoms with van der Waals surface area (Å²) in [6.45, 7) is 0. The van der Waals surface area contributed by atoms with E-state index < -0.39 is 12.0 Å². The number of alkyl halides is 3. The van der Waals surface area contributed by atoms with Crippen LogP contribution in [0.25, 0.3) is 6.08 Å². The van der Waals surface area contributed by atoms with E-state index in [2.05, 4.69) is 0 Å². The van der Waals surface area contributed by atoms with Crippen LogP contribution in [0.15, 0.2) is 47.5 Å². The molecule has 1 aromatic rings. The van der Waals surface area contributed by atoms with Crippen LogP contribution in [0.3, 0.4) is 0 Å². The number of benzene rings is 1. The molecule has 0 N–H and O–H groups in total. The quantitative estimate of drug-likeness (QED) is 0.594. The summed E-state index contributed by atoms with van der Waals surface area (Å²) >= 11 is 5.66. The highest BCUT2D eigenvalue weighted by molar-refractivity contribution is 6.33. The molecule has 90 valence electrons. The van der Waals surface area contributed by atoms with Gasteiger partial charge in [-0.3, -0.25) is 4.79 Å². The first-order valence-electron chi connectivity index (χ1n) is 4.61. The lowest BCUT2D eigenvalue weighted by Gasteiger charge is -1.99. The van der Waals surface area contributed by atoms with Crippen LogP contribution in [0.1, 0.15) is 5.56 Å². The zero-order valence-corrected chi connectivity index (χ0v) is 9.29. The van der Waals surface area contributed by atoms with Crippen molar-refractivity contribution in [1.82, 2.24) is 0 Å². The third-order valence-electron chi connectivity index (χ3n) is 1.78. The number of hydrogen-bond donors (Lipinski definition) is 0. The molecule has 0 aliphatic carbocycles. The normalized spacial score (nSPS) is 13.1. The first-order chi connectivity index (χ1) is 7.89. The highest BCUT2D eigenvalue weighted by Crippen LogP contribution is 2.18. The molecule has 0 radical (unpaired) electrons. The molecule has 0 heterocycles. The monoisotopic (exact) mass is 260 g/mol. The first-order valence-corrected chi connectivity index (χ1v) is 4.99. The summed E-state index contributed by atoms with van der Waals surface area (Å²) in [6, 6.07) is 8.80. The zero-order chi connectivity index (χ0) is 12.9. The molecule has 0 fully saturated rings. The molecule has 0 saturated carbocycles. The van der Waals surface area contributed by atoms with E-state index in [0.29, 0.717) is 6.08 Å². The van der Waals surface area contributed by atoms with Gasteiger partial charge in [0.05, 0.1) is 0 Å². The van der Waals surface area contributed by atoms with Crippen molar-refractivity contribution in [2.75, 3.05) is 0 Å². The van der Waals surface area contributed by atoms with Gasteiger partial charge in [0, 0.05) is 5.03 Å². The molecule has 0 unspecified atom stereocenters. The minimum absolute atomic E-state index is 0.0498. The van der Waals surface area contributed by atoms with E-state index in [0.717, 1.165) is 11.6 Å². The predicted octanol–water partition coefficient (Wildman–Crippen LogP) is 3.95. The molecule has 17 heavy (non-hydrogen) atoms. The molecule has 0 amide bonds. The third-order valence-corrected chi connectivity index (χ3v) is 2.01. The van der Waals surface area contributed by atoms with Crippen molar-refractivity contribution in [1.29, 1.82) is 0 Å². The average Bonchev–Trinajstić information content (AvgIpc) is 2.26. The Bertz CT molecular complexity index is 447. The van der Waals surface area contributed by atoms with Gasteiger partial charge in [0.15, 0.2) is 0 Å². The van der Waals surface area contributed by atoms with Crippen molar-refractivity contribution in [2.24, 2.45) is 0 Å². The molecule has 0 saturated heterocycles. The summed E-state index contributed by atoms with van der Waals surface area (Å²) in [5, 5.41) is 0.0498. The Kier molecular flexibility index (Phi) is 4.52. The van der Waals surface area contributed by atoms with Crippen molar-refractivity contribution in [2.45, 2.75) is 6.18 Å². The van der Waals surface area contributed by atoms with Gasteiger partial charge in [-0.05, 0) is 23.8 Å². The van der Waals surface area contributed by atoms with Crippen LogP contribution in [0.4, 0.5) is 13.2 Å². The molecule has 0 spiro atoms. The van der Waals surface area contributed by atoms with E-state index in [1.54, 1.807) is 30.3 Å². The molecule has 0 aliphatic rings. The van der Waals surface area contributed by atoms with Gasteiger partial charge in [-0.1, -0.05) is 41.9 Å². The lowest BCUT2D eigenvalue weighted by Crippen LogP contribution is -2.19. The first kappa shape index (κ1) is 13.5. The van der Waals surface area contributed by atoms with Crippen LogP contribution in [0.2, 0.25) is 0 Å². The number of allylic oxidation sites excluding steroid dienone is 3. The maximum Gasteiger partial charge on any atom is 0.454 e. The van der Waals surface area contributed by atoms with Gasteiger partial charge in [0.1, 0.15) is 0 Å². The molecule has 1 rings (SSSR count). The van der Waals surface area contributed by atoms with E-state index in [-0.39, 0.29) is 5.03 Å². The third kappa shape index (κ3) is 4.87. The number of carbonyl (C=O) groups is 1. The van der Waals surface area contributed by atoms with E-state index >= 15 is 0 Å². The number of hydrogen-bond acceptors (Lipinski definition) is 1. The largest absolute Gasteiger partial charge is 0.454 e. The van der Waals surface area contributed by atoms with E-state index in [9.17, 15) is 18.0 Å². The van der Waals surface area contributed by atoms with Gasteiger partial charge in [0.2, 0.25) is 0 Å². The van der Waals surface area contributed by atoms with Crippen LogP contribution in [-0.4, -0.2) is 12.0 Å². The lowest BCUT2D eigenvalue weighted by molar-refractivity contribution is -0.165. The van der Waals surface area contributed by atoms with Crippen molar-refractivity contribution < 1.29 is 18.0 Å². The highest BCUT2D eigenvalue weighted by Gasteiger charge is 2.35. The number of halogens is 4. The molecular formula is C12H8ClF3O. The Labute approximate surface area is 101 Å². The van der Waals surface area contributed by atoms with E-state index in [1.807, 2.05) is 0 Å². The molecule has 1 aromatic carbocycles. The summed E-state index contributed by atoms with van der Waals surface area (Å²) in [6.07, 6.45) is -2.08. The molecular weight excluding hydrogens is 253 g/mol. The fourth-order valence-electron chi connectivity index (χ4n) is 1.01. The number of ketones is 1. The van der Waals surface area contributed by atoms with Gasteiger partial charge in [0.25, 0.3) is 5.78 Å². The summed E-state index contributed by atoms with van der Waals surface area (Å²) in [5.74, 6) is -1.93. The zero-order valence-electron chi connectivity index (χ0n) is 8.54. The van der Waals surface area contributed by atoms with Crippen molar-refractivity contribution in [3.05, 3.63) is 53.1 Å². The number of rotatable bonds is 3. The van der Waals surface area contributed by atoms with Crippen LogP contribution in [0.5, 0.6) is 0 Å². The molecule has 5 heteroatoms. The predicted molar refractivity (Wildman–Crippen MR) is 60.5 cm³/mol. The summed E-state index contributed by atoms with van der Waals surface area (Å²) in [5.41, 5.74) is 0.738. The smallest absolute Gasteiger partial charge is 0.285 e. The Balaban J connectivity index is 2.73. The lowest BCUT2D eigenvalue weighted by atomic mass is 10.2. The van der Waals surface area contributed by atoms with Gasteiger partial charge in [-0.25, -0.2) is 0 Å². The van der Waals surface area contributed by atoms with Crippen LogP contribution in [0, 0.1) is 0 Å². The summed E-state index contributed by atoms with van der Waals surface area (Å²) in [4.78, 5) is 10.5. The second-order valence-corrected chi connectivity index (χ2v) is 3.57. The van der Waals surface area contributed by atoms with Crippen LogP contribution < -0.4 is 0 Å². The van der Waals surface area contributed by atoms with Gasteiger partial charge in [-0.15, -0.1) is 0 Å². The number of carbonyl (C=O) groups excluding carboxylic acids is 1. The van der Waals surface area contributed by atoms with Crippen LogP contribution >= 0.6 is 11.6 Å². The Morgan fingerprint density at radius 3 is 2.24 bits per heavy atom. The molecule has 1 nitrogen and oxygen atoms in total. The van der Waals surface area contributed by atoms with E-state index in [1.165, 1.54) is 6.08 Å². The standard InChI is InChI=1S/C12H8ClF3O/c13-10(6-7-11(17)12(14,15)16)8-9-4-2-1-3-5-9/h1-8H/b7-6+,10-8-. The maximum absolute atomic E-state index is 11.9. The van der Waals surface area contributed by atoms with Crippen molar-refractivity contribution in [3.8, 4) is 0 Å². The van der Waals surface area contributed by atoms with Gasteiger partial charge < -0.3 is 0 Å². The Morgan fingerprint density at radius 1 is 1.12 bits per heavy atom. The highest BCUT2D eigenvalue weighted by atomic mass is 35.5. The SMILES string of the molecule is O=C(/C=C/C(Cl)=C/c1ccccc1)C(F)(F)F. The summed E-state index contributed by atoms with van der Waals surface area (Å²) in [7, 11) is 0. The van der Waals surface area contributed by atoms with Crippen molar-refractivity contribution >= 4 is 23.5 Å². The Hall–Kier alpha value is -1.55. The van der Waals surface area contributed by atoms with E-state index in [4.69, 9.17) is 11.6 Å². The summed E-state index contributed by atoms with van der Waals surface area (Å²) < 4.78 is 35.6. The molecule has 0 atom stereocenters. The van der Waals surface area contributed by atoms with Crippen LogP contribution in [-0.2, 0) is 4.79 Å². The van der Waals surface area contributed by atoms with Gasteiger partial charge >= 0.3 is 6.18 Å². The molecule has 0 aliphatic heterocycles. The second kappa shape index (κ2) is 5.68. The second-order valence-electron chi connectivity index (χ2n) is 3.14. The fourth-order valence-corrected chi connectivity index (χ4v) is 1.20. The fraction of sp³-hybridized carbons (Fsp3) is 0.0833. The maximum atomic E-state index is 11.9. The minimum Gasteiger partial charge on any atom is -0.285 e.